The van der Waals surface area contributed by atoms with Crippen molar-refractivity contribution in [2.75, 3.05) is 33.9 Å². The number of methoxy groups -OCH3 is 2. The van der Waals surface area contributed by atoms with Crippen LogP contribution in [0.3, 0.4) is 0 Å². The summed E-state index contributed by atoms with van der Waals surface area (Å²) in [5.74, 6) is -1.92. The average Bonchev–Trinajstić information content (AvgIpc) is 3.09. The van der Waals surface area contributed by atoms with E-state index in [4.69, 9.17) is 19.9 Å². The van der Waals surface area contributed by atoms with Crippen LogP contribution in [0.15, 0.2) is 66.9 Å². The van der Waals surface area contributed by atoms with Gasteiger partial charge >= 0.3 is 12.0 Å². The third kappa shape index (κ3) is 10.3. The Hall–Kier alpha value is -4.94. The molecule has 1 amide bonds. The van der Waals surface area contributed by atoms with Gasteiger partial charge in [-0.2, -0.15) is 4.98 Å². The highest BCUT2D eigenvalue weighted by molar-refractivity contribution is 5.98. The number of esters is 1. The minimum atomic E-state index is -0.900. The first-order valence-electron chi connectivity index (χ1n) is 16.6. The molecule has 4 rings (SSSR count). The molecular formula is C38H45F2N5O5. The smallest absolute Gasteiger partial charge is 0.338 e. The van der Waals surface area contributed by atoms with E-state index >= 15 is 0 Å². The number of hydrogen-bond acceptors (Lipinski definition) is 9. The summed E-state index contributed by atoms with van der Waals surface area (Å²) in [6.07, 6.45) is 2.38. The predicted molar refractivity (Wildman–Crippen MR) is 187 cm³/mol. The number of aromatic nitrogens is 2. The maximum atomic E-state index is 14.0. The molecule has 0 fully saturated rings. The summed E-state index contributed by atoms with van der Waals surface area (Å²) in [5, 5.41) is 3.31. The Bertz CT molecular complexity index is 1750. The van der Waals surface area contributed by atoms with E-state index in [-0.39, 0.29) is 30.4 Å². The highest BCUT2D eigenvalue weighted by Crippen LogP contribution is 2.29. The minimum absolute atomic E-state index is 0.0433. The molecule has 0 bridgehead atoms. The first-order valence-corrected chi connectivity index (χ1v) is 16.6. The van der Waals surface area contributed by atoms with Crippen LogP contribution in [0.5, 0.6) is 11.9 Å². The summed E-state index contributed by atoms with van der Waals surface area (Å²) in [6, 6.07) is 15.2. The van der Waals surface area contributed by atoms with E-state index in [1.165, 1.54) is 32.4 Å². The molecule has 0 radical (unpaired) electrons. The van der Waals surface area contributed by atoms with Gasteiger partial charge in [-0.15, -0.1) is 0 Å². The van der Waals surface area contributed by atoms with Crippen LogP contribution in [-0.2, 0) is 17.7 Å². The van der Waals surface area contributed by atoms with Gasteiger partial charge in [0, 0.05) is 50.0 Å². The van der Waals surface area contributed by atoms with Crippen LogP contribution in [-0.4, -0.2) is 72.7 Å². The number of hydrogen-bond donors (Lipinski definition) is 2. The molecule has 12 heteroatoms. The number of rotatable bonds is 17. The molecule has 0 aliphatic rings. The summed E-state index contributed by atoms with van der Waals surface area (Å²) in [5.41, 5.74) is 10.6. The van der Waals surface area contributed by atoms with E-state index in [1.807, 2.05) is 45.0 Å². The van der Waals surface area contributed by atoms with Crippen molar-refractivity contribution in [1.82, 2.24) is 20.2 Å². The SMILES string of the molecule is CCCN(CCC)C(=O)c1cc(C)cc(C(=O)OC(CNCc2cccc(-c3cnc(OC)nc3OC)c2)C(N)Cc2cc(F)cc(F)c2)c1. The number of amides is 1. The Labute approximate surface area is 292 Å². The molecule has 1 heterocycles. The van der Waals surface area contributed by atoms with Gasteiger partial charge in [0.1, 0.15) is 17.7 Å². The molecule has 10 nitrogen and oxygen atoms in total. The van der Waals surface area contributed by atoms with Crippen LogP contribution in [0.2, 0.25) is 0 Å². The van der Waals surface area contributed by atoms with Crippen molar-refractivity contribution < 1.29 is 32.6 Å². The van der Waals surface area contributed by atoms with Crippen LogP contribution in [0.1, 0.15) is 64.1 Å². The number of nitrogens with zero attached hydrogens (tertiary/aromatic N) is 3. The number of aryl methyl sites for hydroxylation is 1. The van der Waals surface area contributed by atoms with E-state index in [2.05, 4.69) is 15.3 Å². The number of carbonyl (C=O) groups excluding carboxylic acids is 2. The second kappa shape index (κ2) is 18.2. The van der Waals surface area contributed by atoms with Crippen molar-refractivity contribution in [3.63, 3.8) is 0 Å². The lowest BCUT2D eigenvalue weighted by atomic mass is 10.0. The van der Waals surface area contributed by atoms with Crippen molar-refractivity contribution in [2.24, 2.45) is 5.73 Å². The molecule has 2 atom stereocenters. The Morgan fingerprint density at radius 1 is 0.920 bits per heavy atom. The fourth-order valence-corrected chi connectivity index (χ4v) is 5.69. The lowest BCUT2D eigenvalue weighted by Gasteiger charge is -2.25. The van der Waals surface area contributed by atoms with Crippen molar-refractivity contribution in [1.29, 1.82) is 0 Å². The molecule has 1 aromatic heterocycles. The highest BCUT2D eigenvalue weighted by atomic mass is 19.1. The topological polar surface area (TPSA) is 129 Å². The zero-order chi connectivity index (χ0) is 36.2. The average molecular weight is 690 g/mol. The van der Waals surface area contributed by atoms with Gasteiger partial charge in [0.2, 0.25) is 5.88 Å². The summed E-state index contributed by atoms with van der Waals surface area (Å²) in [4.78, 5) is 37.2. The van der Waals surface area contributed by atoms with Crippen LogP contribution in [0.4, 0.5) is 8.78 Å². The zero-order valence-corrected chi connectivity index (χ0v) is 29.2. The molecule has 2 unspecified atom stereocenters. The summed E-state index contributed by atoms with van der Waals surface area (Å²) in [6.45, 7) is 7.53. The summed E-state index contributed by atoms with van der Waals surface area (Å²) in [7, 11) is 2.99. The Morgan fingerprint density at radius 2 is 1.62 bits per heavy atom. The van der Waals surface area contributed by atoms with Gasteiger partial charge in [-0.1, -0.05) is 32.0 Å². The highest BCUT2D eigenvalue weighted by Gasteiger charge is 2.25. The van der Waals surface area contributed by atoms with Crippen LogP contribution >= 0.6 is 0 Å². The molecular weight excluding hydrogens is 644 g/mol. The fraction of sp³-hybridized carbons (Fsp3) is 0.368. The van der Waals surface area contributed by atoms with Gasteiger partial charge in [0.15, 0.2) is 0 Å². The number of ether oxygens (including phenoxy) is 3. The zero-order valence-electron chi connectivity index (χ0n) is 29.2. The fourth-order valence-electron chi connectivity index (χ4n) is 5.69. The first kappa shape index (κ1) is 37.9. The third-order valence-corrected chi connectivity index (χ3v) is 7.98. The Kier molecular flexibility index (Phi) is 13.8. The van der Waals surface area contributed by atoms with Crippen LogP contribution < -0.4 is 20.5 Å². The number of halogens is 2. The molecule has 0 saturated carbocycles. The number of carbonyl (C=O) groups is 2. The van der Waals surface area contributed by atoms with Crippen molar-refractivity contribution >= 4 is 11.9 Å². The predicted octanol–water partition coefficient (Wildman–Crippen LogP) is 5.89. The van der Waals surface area contributed by atoms with Crippen LogP contribution in [0.25, 0.3) is 11.1 Å². The molecule has 50 heavy (non-hydrogen) atoms. The van der Waals surface area contributed by atoms with Gasteiger partial charge in [-0.3, -0.25) is 4.79 Å². The van der Waals surface area contributed by atoms with E-state index in [1.54, 1.807) is 23.2 Å². The molecule has 3 N–H and O–H groups in total. The van der Waals surface area contributed by atoms with Crippen molar-refractivity contribution in [3.05, 3.63) is 106 Å². The van der Waals surface area contributed by atoms with E-state index in [0.717, 1.165) is 35.6 Å². The lowest BCUT2D eigenvalue weighted by molar-refractivity contribution is 0.0238. The minimum Gasteiger partial charge on any atom is -0.480 e. The van der Waals surface area contributed by atoms with Gasteiger partial charge in [0.05, 0.1) is 25.3 Å². The lowest BCUT2D eigenvalue weighted by Crippen LogP contribution is -2.46. The first-order chi connectivity index (χ1) is 24.0. The second-order valence-corrected chi connectivity index (χ2v) is 12.1. The van der Waals surface area contributed by atoms with Gasteiger partial charge in [-0.25, -0.2) is 18.6 Å². The number of nitrogens with two attached hydrogens (primary N) is 1. The normalized spacial score (nSPS) is 12.2. The van der Waals surface area contributed by atoms with Crippen LogP contribution in [0, 0.1) is 18.6 Å². The Morgan fingerprint density at radius 3 is 2.28 bits per heavy atom. The summed E-state index contributed by atoms with van der Waals surface area (Å²) >= 11 is 0. The molecule has 0 saturated heterocycles. The van der Waals surface area contributed by atoms with Crippen molar-refractivity contribution in [2.45, 2.75) is 58.7 Å². The van der Waals surface area contributed by atoms with E-state index in [0.29, 0.717) is 42.2 Å². The van der Waals surface area contributed by atoms with E-state index < -0.39 is 29.7 Å². The van der Waals surface area contributed by atoms with Gasteiger partial charge < -0.3 is 30.2 Å². The van der Waals surface area contributed by atoms with Gasteiger partial charge in [-0.05, 0) is 84.8 Å². The third-order valence-electron chi connectivity index (χ3n) is 7.98. The molecule has 0 spiro atoms. The maximum Gasteiger partial charge on any atom is 0.338 e. The molecule has 3 aromatic carbocycles. The molecule has 266 valence electrons. The summed E-state index contributed by atoms with van der Waals surface area (Å²) < 4.78 is 44.5. The molecule has 0 aliphatic heterocycles. The van der Waals surface area contributed by atoms with Crippen molar-refractivity contribution in [3.8, 4) is 23.0 Å². The van der Waals surface area contributed by atoms with Gasteiger partial charge in [0.25, 0.3) is 5.91 Å². The second-order valence-electron chi connectivity index (χ2n) is 12.1. The molecule has 4 aromatic rings. The largest absolute Gasteiger partial charge is 0.480 e. The monoisotopic (exact) mass is 689 g/mol. The maximum absolute atomic E-state index is 14.0. The van der Waals surface area contributed by atoms with E-state index in [9.17, 15) is 18.4 Å². The standard InChI is InChI=1S/C38H45F2N5O5/c1-6-11-45(12-7-2)36(46)28-13-24(3)14-29(19-28)37(47)50-34(33(41)18-26-16-30(39)20-31(40)17-26)23-42-21-25-9-8-10-27(15-25)32-22-43-38(49-5)44-35(32)48-4/h8-10,13-17,19-20,22,33-34,42H,6-7,11-12,18,21,23,41H2,1-5H3. The Balaban J connectivity index is 1.54. The number of nitrogens with one attached hydrogen (secondary N) is 1. The quantitative estimate of drug-likeness (QED) is 0.130. The molecule has 0 aliphatic carbocycles. The number of benzene rings is 3.